The van der Waals surface area contributed by atoms with E-state index in [1.807, 2.05) is 31.2 Å². The molecule has 0 bridgehead atoms. The van der Waals surface area contributed by atoms with Gasteiger partial charge in [-0.1, -0.05) is 48.9 Å². The molecule has 1 fully saturated rings. The zero-order chi connectivity index (χ0) is 14.7. The first-order valence-electron chi connectivity index (χ1n) is 7.94. The van der Waals surface area contributed by atoms with E-state index < -0.39 is 0 Å². The van der Waals surface area contributed by atoms with Gasteiger partial charge >= 0.3 is 5.97 Å². The molecule has 21 heavy (non-hydrogen) atoms. The first-order chi connectivity index (χ1) is 10.3. The topological polar surface area (TPSA) is 26.3 Å². The smallest absolute Gasteiger partial charge is 0.313 e. The highest BCUT2D eigenvalue weighted by Crippen LogP contribution is 2.28. The van der Waals surface area contributed by atoms with Gasteiger partial charge in [-0.25, -0.2) is 0 Å². The summed E-state index contributed by atoms with van der Waals surface area (Å²) < 4.78 is 5.72. The molecule has 2 aromatic rings. The minimum Gasteiger partial charge on any atom is -0.462 e. The Kier molecular flexibility index (Phi) is 4.23. The quantitative estimate of drug-likeness (QED) is 0.754. The van der Waals surface area contributed by atoms with Crippen molar-refractivity contribution in [2.75, 3.05) is 0 Å². The van der Waals surface area contributed by atoms with E-state index in [-0.39, 0.29) is 18.0 Å². The van der Waals surface area contributed by atoms with Crippen molar-refractivity contribution in [2.45, 2.75) is 51.0 Å². The van der Waals surface area contributed by atoms with Crippen LogP contribution >= 0.6 is 0 Å². The van der Waals surface area contributed by atoms with E-state index in [2.05, 4.69) is 18.2 Å². The van der Waals surface area contributed by atoms with Gasteiger partial charge in [-0.05, 0) is 48.9 Å². The SMILES string of the molecule is CC(C(=O)OC1CCCCC1)c1cccc2ccccc12. The molecule has 1 aliphatic carbocycles. The summed E-state index contributed by atoms with van der Waals surface area (Å²) in [6, 6.07) is 14.3. The summed E-state index contributed by atoms with van der Waals surface area (Å²) in [6.07, 6.45) is 5.81. The van der Waals surface area contributed by atoms with E-state index in [4.69, 9.17) is 4.74 Å². The van der Waals surface area contributed by atoms with Gasteiger partial charge in [0.2, 0.25) is 0 Å². The predicted molar refractivity (Wildman–Crippen MR) is 85.3 cm³/mol. The summed E-state index contributed by atoms with van der Waals surface area (Å²) in [6.45, 7) is 1.95. The van der Waals surface area contributed by atoms with Crippen molar-refractivity contribution in [1.29, 1.82) is 0 Å². The molecule has 0 saturated heterocycles. The monoisotopic (exact) mass is 282 g/mol. The molecule has 0 N–H and O–H groups in total. The van der Waals surface area contributed by atoms with Crippen molar-refractivity contribution in [3.05, 3.63) is 48.0 Å². The van der Waals surface area contributed by atoms with Gasteiger partial charge in [0.05, 0.1) is 5.92 Å². The van der Waals surface area contributed by atoms with Gasteiger partial charge in [0.15, 0.2) is 0 Å². The van der Waals surface area contributed by atoms with Crippen molar-refractivity contribution in [3.8, 4) is 0 Å². The van der Waals surface area contributed by atoms with Crippen LogP contribution < -0.4 is 0 Å². The molecule has 0 amide bonds. The lowest BCUT2D eigenvalue weighted by Gasteiger charge is -2.24. The Balaban J connectivity index is 1.79. The first-order valence-corrected chi connectivity index (χ1v) is 7.94. The van der Waals surface area contributed by atoms with Crippen LogP contribution in [-0.4, -0.2) is 12.1 Å². The van der Waals surface area contributed by atoms with Crippen molar-refractivity contribution in [1.82, 2.24) is 0 Å². The Morgan fingerprint density at radius 3 is 2.57 bits per heavy atom. The minimum absolute atomic E-state index is 0.0850. The maximum atomic E-state index is 12.4. The van der Waals surface area contributed by atoms with E-state index in [9.17, 15) is 4.79 Å². The summed E-state index contributed by atoms with van der Waals surface area (Å²) in [5, 5.41) is 2.32. The van der Waals surface area contributed by atoms with Gasteiger partial charge in [-0.2, -0.15) is 0 Å². The second kappa shape index (κ2) is 6.30. The number of esters is 1. The van der Waals surface area contributed by atoms with E-state index in [0.29, 0.717) is 0 Å². The second-order valence-corrected chi connectivity index (χ2v) is 5.99. The third-order valence-electron chi connectivity index (χ3n) is 4.48. The van der Waals surface area contributed by atoms with Gasteiger partial charge in [0, 0.05) is 0 Å². The zero-order valence-corrected chi connectivity index (χ0v) is 12.5. The fraction of sp³-hybridized carbons (Fsp3) is 0.421. The number of hydrogen-bond donors (Lipinski definition) is 0. The molecule has 1 saturated carbocycles. The van der Waals surface area contributed by atoms with Crippen LogP contribution in [0.15, 0.2) is 42.5 Å². The standard InChI is InChI=1S/C19H22O2/c1-14(19(20)21-16-10-3-2-4-11-16)17-13-7-9-15-8-5-6-12-18(15)17/h5-9,12-14,16H,2-4,10-11H2,1H3. The largest absolute Gasteiger partial charge is 0.462 e. The number of benzene rings is 2. The Bertz CT molecular complexity index is 621. The van der Waals surface area contributed by atoms with E-state index >= 15 is 0 Å². The maximum Gasteiger partial charge on any atom is 0.313 e. The number of carbonyl (C=O) groups excluding carboxylic acids is 1. The molecule has 1 atom stereocenters. The van der Waals surface area contributed by atoms with Crippen LogP contribution in [0.5, 0.6) is 0 Å². The van der Waals surface area contributed by atoms with Gasteiger partial charge < -0.3 is 4.74 Å². The third-order valence-corrected chi connectivity index (χ3v) is 4.48. The van der Waals surface area contributed by atoms with Crippen LogP contribution in [-0.2, 0) is 9.53 Å². The molecule has 0 spiro atoms. The maximum absolute atomic E-state index is 12.4. The molecule has 0 radical (unpaired) electrons. The van der Waals surface area contributed by atoms with Crippen LogP contribution in [0.2, 0.25) is 0 Å². The molecule has 3 rings (SSSR count). The van der Waals surface area contributed by atoms with Crippen LogP contribution in [0.4, 0.5) is 0 Å². The molecule has 2 nitrogen and oxygen atoms in total. The van der Waals surface area contributed by atoms with Gasteiger partial charge in [-0.3, -0.25) is 4.79 Å². The Labute approximate surface area is 126 Å². The summed E-state index contributed by atoms with van der Waals surface area (Å²) in [5.74, 6) is -0.295. The Morgan fingerprint density at radius 1 is 1.05 bits per heavy atom. The lowest BCUT2D eigenvalue weighted by molar-refractivity contribution is -0.151. The predicted octanol–water partition coefficient (Wildman–Crippen LogP) is 4.82. The van der Waals surface area contributed by atoms with Crippen molar-refractivity contribution < 1.29 is 9.53 Å². The van der Waals surface area contributed by atoms with Crippen molar-refractivity contribution in [2.24, 2.45) is 0 Å². The van der Waals surface area contributed by atoms with Crippen LogP contribution in [0, 0.1) is 0 Å². The van der Waals surface area contributed by atoms with Crippen LogP contribution in [0.3, 0.4) is 0 Å². The third kappa shape index (κ3) is 3.10. The van der Waals surface area contributed by atoms with Gasteiger partial charge in [-0.15, -0.1) is 0 Å². The molecular formula is C19H22O2. The lowest BCUT2D eigenvalue weighted by Crippen LogP contribution is -2.24. The van der Waals surface area contributed by atoms with Crippen LogP contribution in [0.1, 0.15) is 50.5 Å². The Hall–Kier alpha value is -1.83. The fourth-order valence-corrected chi connectivity index (χ4v) is 3.20. The van der Waals surface area contributed by atoms with Crippen molar-refractivity contribution >= 4 is 16.7 Å². The minimum atomic E-state index is -0.210. The van der Waals surface area contributed by atoms with Gasteiger partial charge in [0.25, 0.3) is 0 Å². The van der Waals surface area contributed by atoms with E-state index in [1.54, 1.807) is 0 Å². The molecule has 1 unspecified atom stereocenters. The molecule has 2 aromatic carbocycles. The summed E-state index contributed by atoms with van der Waals surface area (Å²) >= 11 is 0. The van der Waals surface area contributed by atoms with E-state index in [1.165, 1.54) is 24.6 Å². The van der Waals surface area contributed by atoms with Crippen LogP contribution in [0.25, 0.3) is 10.8 Å². The summed E-state index contributed by atoms with van der Waals surface area (Å²) in [7, 11) is 0. The molecule has 0 heterocycles. The number of fused-ring (bicyclic) bond motifs is 1. The Morgan fingerprint density at radius 2 is 1.76 bits per heavy atom. The average Bonchev–Trinajstić information content (AvgIpc) is 2.54. The first kappa shape index (κ1) is 14.1. The molecule has 0 aliphatic heterocycles. The summed E-state index contributed by atoms with van der Waals surface area (Å²) in [5.41, 5.74) is 1.06. The molecule has 2 heteroatoms. The number of hydrogen-bond acceptors (Lipinski definition) is 2. The molecule has 0 aromatic heterocycles. The zero-order valence-electron chi connectivity index (χ0n) is 12.5. The molecular weight excluding hydrogens is 260 g/mol. The van der Waals surface area contributed by atoms with E-state index in [0.717, 1.165) is 23.8 Å². The highest BCUT2D eigenvalue weighted by molar-refractivity contribution is 5.91. The number of carbonyl (C=O) groups is 1. The average molecular weight is 282 g/mol. The molecule has 110 valence electrons. The van der Waals surface area contributed by atoms with Crippen molar-refractivity contribution in [3.63, 3.8) is 0 Å². The number of rotatable bonds is 3. The highest BCUT2D eigenvalue weighted by atomic mass is 16.5. The normalized spacial score (nSPS) is 17.6. The fourth-order valence-electron chi connectivity index (χ4n) is 3.20. The second-order valence-electron chi connectivity index (χ2n) is 5.99. The highest BCUT2D eigenvalue weighted by Gasteiger charge is 2.23. The lowest BCUT2D eigenvalue weighted by atomic mass is 9.94. The van der Waals surface area contributed by atoms with Gasteiger partial charge in [0.1, 0.15) is 6.10 Å². The summed E-state index contributed by atoms with van der Waals surface area (Å²) in [4.78, 5) is 12.4. The molecule has 1 aliphatic rings. The number of ether oxygens (including phenoxy) is 1.